The fourth-order valence-electron chi connectivity index (χ4n) is 5.13. The molecule has 1 aromatic heterocycles. The molecule has 0 aliphatic carbocycles. The normalized spacial score (nSPS) is 17.6. The second kappa shape index (κ2) is 10.3. The summed E-state index contributed by atoms with van der Waals surface area (Å²) in [5.74, 6) is -2.48. The molecule has 4 aromatic rings. The van der Waals surface area contributed by atoms with Gasteiger partial charge in [0.25, 0.3) is 11.8 Å². The van der Waals surface area contributed by atoms with Crippen molar-refractivity contribution in [3.05, 3.63) is 101 Å². The number of benzene rings is 3. The van der Waals surface area contributed by atoms with Gasteiger partial charge in [-0.3, -0.25) is 9.59 Å². The third-order valence-corrected chi connectivity index (χ3v) is 7.12. The van der Waals surface area contributed by atoms with Crippen LogP contribution in [-0.4, -0.2) is 39.1 Å². The van der Waals surface area contributed by atoms with E-state index >= 15 is 0 Å². The van der Waals surface area contributed by atoms with Gasteiger partial charge in [0.05, 0.1) is 11.4 Å². The molecule has 8 nitrogen and oxygen atoms in total. The SMILES string of the molecule is CC1(C)CCCn2nc(-c3ccccc3F)c(C(=O)N[C@H]3N=C(c4ccccc4)c4cccc(F)c4NC3=O)c2O1. The van der Waals surface area contributed by atoms with Crippen LogP contribution in [-0.2, 0) is 11.3 Å². The lowest BCUT2D eigenvalue weighted by atomic mass is 10.0. The van der Waals surface area contributed by atoms with Crippen molar-refractivity contribution in [1.82, 2.24) is 15.1 Å². The van der Waals surface area contributed by atoms with Gasteiger partial charge in [0.15, 0.2) is 0 Å². The number of carbonyl (C=O) groups is 2. The Morgan fingerprint density at radius 2 is 1.71 bits per heavy atom. The molecular formula is C31H27F2N5O3. The number of anilines is 1. The number of nitrogens with zero attached hydrogens (tertiary/aromatic N) is 3. The number of aliphatic imine (C=N–C) groups is 1. The van der Waals surface area contributed by atoms with Gasteiger partial charge in [-0.05, 0) is 44.9 Å². The van der Waals surface area contributed by atoms with Gasteiger partial charge in [0, 0.05) is 23.2 Å². The average molecular weight is 556 g/mol. The summed E-state index contributed by atoms with van der Waals surface area (Å²) in [4.78, 5) is 32.0. The lowest BCUT2D eigenvalue weighted by molar-refractivity contribution is -0.117. The highest BCUT2D eigenvalue weighted by atomic mass is 19.1. The van der Waals surface area contributed by atoms with E-state index in [0.29, 0.717) is 29.8 Å². The molecule has 41 heavy (non-hydrogen) atoms. The Labute approximate surface area is 235 Å². The number of nitrogens with one attached hydrogen (secondary N) is 2. The van der Waals surface area contributed by atoms with E-state index in [2.05, 4.69) is 20.7 Å². The molecule has 2 aliphatic heterocycles. The fraction of sp³-hybridized carbons (Fsp3) is 0.226. The lowest BCUT2D eigenvalue weighted by Gasteiger charge is -2.24. The molecular weight excluding hydrogens is 528 g/mol. The molecule has 0 bridgehead atoms. The fourth-order valence-corrected chi connectivity index (χ4v) is 5.13. The first-order chi connectivity index (χ1) is 19.7. The Bertz CT molecular complexity index is 1700. The number of aryl methyl sites for hydroxylation is 1. The predicted octanol–water partition coefficient (Wildman–Crippen LogP) is 5.33. The zero-order valence-electron chi connectivity index (χ0n) is 22.4. The van der Waals surface area contributed by atoms with Gasteiger partial charge in [-0.25, -0.2) is 18.5 Å². The molecule has 3 aromatic carbocycles. The molecule has 0 spiro atoms. The number of rotatable bonds is 4. The maximum Gasteiger partial charge on any atom is 0.269 e. The van der Waals surface area contributed by atoms with Crippen LogP contribution in [0, 0.1) is 11.6 Å². The minimum Gasteiger partial charge on any atom is -0.471 e. The number of hydrogen-bond donors (Lipinski definition) is 2. The van der Waals surface area contributed by atoms with Crippen LogP contribution < -0.4 is 15.4 Å². The summed E-state index contributed by atoms with van der Waals surface area (Å²) in [5, 5.41) is 9.82. The van der Waals surface area contributed by atoms with E-state index in [1.165, 1.54) is 24.3 Å². The van der Waals surface area contributed by atoms with E-state index in [-0.39, 0.29) is 28.4 Å². The van der Waals surface area contributed by atoms with Crippen molar-refractivity contribution in [2.24, 2.45) is 4.99 Å². The summed E-state index contributed by atoms with van der Waals surface area (Å²) < 4.78 is 37.7. The monoisotopic (exact) mass is 555 g/mol. The first kappa shape index (κ1) is 26.4. The molecule has 0 radical (unpaired) electrons. The van der Waals surface area contributed by atoms with E-state index in [4.69, 9.17) is 4.74 Å². The maximum absolute atomic E-state index is 15.0. The topological polar surface area (TPSA) is 97.6 Å². The van der Waals surface area contributed by atoms with Gasteiger partial charge in [-0.15, -0.1) is 0 Å². The van der Waals surface area contributed by atoms with Crippen molar-refractivity contribution in [3.63, 3.8) is 0 Å². The molecule has 208 valence electrons. The minimum absolute atomic E-state index is 0.0118. The number of carbonyl (C=O) groups excluding carboxylic acids is 2. The molecule has 10 heteroatoms. The Morgan fingerprint density at radius 1 is 1.00 bits per heavy atom. The van der Waals surface area contributed by atoms with Crippen molar-refractivity contribution in [2.45, 2.75) is 45.0 Å². The van der Waals surface area contributed by atoms with E-state index in [9.17, 15) is 18.4 Å². The largest absolute Gasteiger partial charge is 0.471 e. The van der Waals surface area contributed by atoms with Crippen LogP contribution in [0.3, 0.4) is 0 Å². The number of halogens is 2. The second-order valence-corrected chi connectivity index (χ2v) is 10.6. The molecule has 2 amide bonds. The van der Waals surface area contributed by atoms with Gasteiger partial charge < -0.3 is 15.4 Å². The van der Waals surface area contributed by atoms with Gasteiger partial charge in [0.2, 0.25) is 12.0 Å². The Balaban J connectivity index is 1.46. The highest BCUT2D eigenvalue weighted by molar-refractivity contribution is 6.20. The van der Waals surface area contributed by atoms with Crippen molar-refractivity contribution >= 4 is 23.2 Å². The molecule has 0 unspecified atom stereocenters. The molecule has 0 saturated carbocycles. The van der Waals surface area contributed by atoms with Crippen LogP contribution in [0.25, 0.3) is 11.3 Å². The highest BCUT2D eigenvalue weighted by Crippen LogP contribution is 2.37. The summed E-state index contributed by atoms with van der Waals surface area (Å²) >= 11 is 0. The molecule has 6 rings (SSSR count). The molecule has 0 fully saturated rings. The molecule has 2 aliphatic rings. The first-order valence-corrected chi connectivity index (χ1v) is 13.3. The smallest absolute Gasteiger partial charge is 0.269 e. The van der Waals surface area contributed by atoms with Gasteiger partial charge in [-0.2, -0.15) is 5.10 Å². The second-order valence-electron chi connectivity index (χ2n) is 10.6. The van der Waals surface area contributed by atoms with Crippen LogP contribution in [0.4, 0.5) is 14.5 Å². The van der Waals surface area contributed by atoms with Crippen LogP contribution in [0.1, 0.15) is 48.2 Å². The number of ether oxygens (including phenoxy) is 1. The Kier molecular flexibility index (Phi) is 6.61. The van der Waals surface area contributed by atoms with Gasteiger partial charge in [-0.1, -0.05) is 54.6 Å². The molecule has 2 N–H and O–H groups in total. The Hall–Kier alpha value is -4.86. The molecule has 3 heterocycles. The third-order valence-electron chi connectivity index (χ3n) is 7.12. The van der Waals surface area contributed by atoms with E-state index in [1.807, 2.05) is 19.9 Å². The van der Waals surface area contributed by atoms with E-state index in [1.54, 1.807) is 47.1 Å². The van der Waals surface area contributed by atoms with Gasteiger partial charge >= 0.3 is 0 Å². The highest BCUT2D eigenvalue weighted by Gasteiger charge is 2.36. The van der Waals surface area contributed by atoms with E-state index in [0.717, 1.165) is 6.42 Å². The van der Waals surface area contributed by atoms with Crippen LogP contribution in [0.15, 0.2) is 77.8 Å². The van der Waals surface area contributed by atoms with Crippen LogP contribution >= 0.6 is 0 Å². The summed E-state index contributed by atoms with van der Waals surface area (Å²) in [6, 6.07) is 19.4. The molecule has 0 saturated heterocycles. The zero-order chi connectivity index (χ0) is 28.7. The average Bonchev–Trinajstić information content (AvgIpc) is 3.12. The van der Waals surface area contributed by atoms with Gasteiger partial charge in [0.1, 0.15) is 28.5 Å². The zero-order valence-corrected chi connectivity index (χ0v) is 22.4. The summed E-state index contributed by atoms with van der Waals surface area (Å²) in [6.07, 6.45) is 0.0118. The molecule has 1 atom stereocenters. The van der Waals surface area contributed by atoms with Crippen molar-refractivity contribution in [3.8, 4) is 17.1 Å². The van der Waals surface area contributed by atoms with Crippen molar-refractivity contribution in [2.75, 3.05) is 5.32 Å². The summed E-state index contributed by atoms with van der Waals surface area (Å²) in [6.45, 7) is 4.27. The van der Waals surface area contributed by atoms with Crippen LogP contribution in [0.5, 0.6) is 5.88 Å². The number of amides is 2. The lowest BCUT2D eigenvalue weighted by Crippen LogP contribution is -2.42. The van der Waals surface area contributed by atoms with Crippen molar-refractivity contribution < 1.29 is 23.1 Å². The number of para-hydroxylation sites is 1. The first-order valence-electron chi connectivity index (χ1n) is 13.3. The van der Waals surface area contributed by atoms with E-state index < -0.39 is 35.2 Å². The summed E-state index contributed by atoms with van der Waals surface area (Å²) in [7, 11) is 0. The standard InChI is InChI=1S/C31H27F2N5O3/c1-31(2)16-9-17-38-30(41-31)23(26(37-38)19-12-6-7-14-21(19)32)28(39)36-27-29(40)35-25-20(13-8-15-22(25)33)24(34-27)18-10-4-3-5-11-18/h3-8,10-15,27H,9,16-17H2,1-2H3,(H,35,40)(H,36,39)/t27-/m1/s1. The Morgan fingerprint density at radius 3 is 2.49 bits per heavy atom. The number of hydrogen-bond acceptors (Lipinski definition) is 5. The van der Waals surface area contributed by atoms with Crippen LogP contribution in [0.2, 0.25) is 0 Å². The summed E-state index contributed by atoms with van der Waals surface area (Å²) in [5.41, 5.74) is 0.870. The number of benzodiazepines with no additional fused rings is 1. The minimum atomic E-state index is -1.44. The quantitative estimate of drug-likeness (QED) is 0.356. The predicted molar refractivity (Wildman–Crippen MR) is 150 cm³/mol. The third kappa shape index (κ3) is 4.97. The maximum atomic E-state index is 15.0. The number of fused-ring (bicyclic) bond motifs is 2. The van der Waals surface area contributed by atoms with Crippen molar-refractivity contribution in [1.29, 1.82) is 0 Å². The number of aromatic nitrogens is 2.